The first kappa shape index (κ1) is 15.9. The van der Waals surface area contributed by atoms with E-state index in [1.54, 1.807) is 36.9 Å². The lowest BCUT2D eigenvalue weighted by atomic mass is 9.97. The highest BCUT2D eigenvalue weighted by atomic mass is 79.9. The molecule has 1 aliphatic heterocycles. The molecule has 120 valence electrons. The van der Waals surface area contributed by atoms with Gasteiger partial charge in [0.15, 0.2) is 0 Å². The maximum atomic E-state index is 12.5. The third kappa shape index (κ3) is 4.25. The van der Waals surface area contributed by atoms with Crippen LogP contribution in [0.25, 0.3) is 0 Å². The highest BCUT2D eigenvalue weighted by Crippen LogP contribution is 2.20. The van der Waals surface area contributed by atoms with Crippen LogP contribution in [0.5, 0.6) is 6.01 Å². The Morgan fingerprint density at radius 1 is 1.26 bits per heavy atom. The zero-order chi connectivity index (χ0) is 16.1. The van der Waals surface area contributed by atoms with Crippen molar-refractivity contribution in [1.29, 1.82) is 0 Å². The molecule has 1 saturated heterocycles. The zero-order valence-corrected chi connectivity index (χ0v) is 14.1. The van der Waals surface area contributed by atoms with E-state index in [-0.39, 0.29) is 5.91 Å². The zero-order valence-electron chi connectivity index (χ0n) is 12.6. The van der Waals surface area contributed by atoms with E-state index in [1.165, 1.54) is 0 Å². The molecule has 0 spiro atoms. The standard InChI is InChI=1S/C16H17BrN4O2/c17-14-8-13(9-18-10-14)15(22)21-6-2-12(3-7-21)11-23-16-19-4-1-5-20-16/h1,4-5,8-10,12H,2-3,6-7,11H2. The average molecular weight is 377 g/mol. The van der Waals surface area contributed by atoms with E-state index in [0.717, 1.165) is 30.4 Å². The summed E-state index contributed by atoms with van der Waals surface area (Å²) >= 11 is 3.35. The van der Waals surface area contributed by atoms with E-state index in [4.69, 9.17) is 4.74 Å². The van der Waals surface area contributed by atoms with Crippen LogP contribution < -0.4 is 4.74 Å². The fourth-order valence-electron chi connectivity index (χ4n) is 2.57. The summed E-state index contributed by atoms with van der Waals surface area (Å²) in [6.07, 6.45) is 8.44. The number of pyridine rings is 1. The van der Waals surface area contributed by atoms with Gasteiger partial charge in [0.25, 0.3) is 5.91 Å². The second kappa shape index (κ2) is 7.50. The highest BCUT2D eigenvalue weighted by Gasteiger charge is 2.24. The summed E-state index contributed by atoms with van der Waals surface area (Å²) in [5, 5.41) is 0. The molecule has 3 rings (SSSR count). The molecule has 6 nitrogen and oxygen atoms in total. The minimum atomic E-state index is 0.0320. The Morgan fingerprint density at radius 3 is 2.70 bits per heavy atom. The number of carbonyl (C=O) groups excluding carboxylic acids is 1. The van der Waals surface area contributed by atoms with E-state index < -0.39 is 0 Å². The van der Waals surface area contributed by atoms with E-state index >= 15 is 0 Å². The van der Waals surface area contributed by atoms with Crippen molar-refractivity contribution in [3.8, 4) is 6.01 Å². The van der Waals surface area contributed by atoms with Gasteiger partial charge in [-0.05, 0) is 46.8 Å². The van der Waals surface area contributed by atoms with Crippen LogP contribution in [0.1, 0.15) is 23.2 Å². The Balaban J connectivity index is 1.49. The summed E-state index contributed by atoms with van der Waals surface area (Å²) in [5.41, 5.74) is 0.617. The van der Waals surface area contributed by atoms with Crippen molar-refractivity contribution >= 4 is 21.8 Å². The fourth-order valence-corrected chi connectivity index (χ4v) is 2.93. The molecule has 0 saturated carbocycles. The molecule has 23 heavy (non-hydrogen) atoms. The van der Waals surface area contributed by atoms with Crippen molar-refractivity contribution in [2.75, 3.05) is 19.7 Å². The number of carbonyl (C=O) groups is 1. The van der Waals surface area contributed by atoms with Gasteiger partial charge < -0.3 is 9.64 Å². The molecule has 0 bridgehead atoms. The van der Waals surface area contributed by atoms with Gasteiger partial charge in [-0.3, -0.25) is 9.78 Å². The Kier molecular flexibility index (Phi) is 5.17. The highest BCUT2D eigenvalue weighted by molar-refractivity contribution is 9.10. The number of aromatic nitrogens is 3. The lowest BCUT2D eigenvalue weighted by Gasteiger charge is -2.31. The number of nitrogens with zero attached hydrogens (tertiary/aromatic N) is 4. The van der Waals surface area contributed by atoms with Gasteiger partial charge in [-0.1, -0.05) is 0 Å². The van der Waals surface area contributed by atoms with Crippen LogP contribution in [0.2, 0.25) is 0 Å². The lowest BCUT2D eigenvalue weighted by Crippen LogP contribution is -2.39. The van der Waals surface area contributed by atoms with Crippen molar-refractivity contribution < 1.29 is 9.53 Å². The molecule has 0 aliphatic carbocycles. The summed E-state index contributed by atoms with van der Waals surface area (Å²) in [5.74, 6) is 0.452. The fraction of sp³-hybridized carbons (Fsp3) is 0.375. The van der Waals surface area contributed by atoms with Crippen LogP contribution in [-0.2, 0) is 0 Å². The van der Waals surface area contributed by atoms with Gasteiger partial charge in [-0.2, -0.15) is 0 Å². The van der Waals surface area contributed by atoms with Crippen molar-refractivity contribution in [3.63, 3.8) is 0 Å². The van der Waals surface area contributed by atoms with Crippen LogP contribution in [-0.4, -0.2) is 45.5 Å². The Morgan fingerprint density at radius 2 is 2.00 bits per heavy atom. The predicted octanol–water partition coefficient (Wildman–Crippen LogP) is 2.57. The van der Waals surface area contributed by atoms with E-state index in [2.05, 4.69) is 30.9 Å². The molecule has 1 fully saturated rings. The molecule has 1 amide bonds. The van der Waals surface area contributed by atoms with Crippen LogP contribution in [0, 0.1) is 5.92 Å². The first-order valence-electron chi connectivity index (χ1n) is 7.52. The summed E-state index contributed by atoms with van der Waals surface area (Å²) in [4.78, 5) is 26.5. The monoisotopic (exact) mass is 376 g/mol. The molecule has 0 atom stereocenters. The second-order valence-electron chi connectivity index (χ2n) is 5.47. The smallest absolute Gasteiger partial charge is 0.316 e. The van der Waals surface area contributed by atoms with Crippen molar-refractivity contribution in [1.82, 2.24) is 19.9 Å². The minimum absolute atomic E-state index is 0.0320. The largest absolute Gasteiger partial charge is 0.463 e. The normalized spacial score (nSPS) is 15.4. The number of hydrogen-bond acceptors (Lipinski definition) is 5. The molecule has 3 heterocycles. The average Bonchev–Trinajstić information content (AvgIpc) is 2.61. The molecule has 0 unspecified atom stereocenters. The molecule has 7 heteroatoms. The van der Waals surface area contributed by atoms with E-state index in [0.29, 0.717) is 24.1 Å². The first-order chi connectivity index (χ1) is 11.2. The van der Waals surface area contributed by atoms with Crippen molar-refractivity contribution in [2.45, 2.75) is 12.8 Å². The van der Waals surface area contributed by atoms with Gasteiger partial charge in [0.1, 0.15) is 0 Å². The van der Waals surface area contributed by atoms with Gasteiger partial charge in [0.05, 0.1) is 12.2 Å². The Labute approximate surface area is 143 Å². The molecule has 1 aliphatic rings. The van der Waals surface area contributed by atoms with Crippen LogP contribution >= 0.6 is 15.9 Å². The number of rotatable bonds is 4. The third-order valence-corrected chi connectivity index (χ3v) is 4.28. The van der Waals surface area contributed by atoms with Crippen molar-refractivity contribution in [2.24, 2.45) is 5.92 Å². The van der Waals surface area contributed by atoms with Gasteiger partial charge in [-0.15, -0.1) is 0 Å². The summed E-state index contributed by atoms with van der Waals surface area (Å²) in [7, 11) is 0. The number of amides is 1. The van der Waals surface area contributed by atoms with Crippen molar-refractivity contribution in [3.05, 3.63) is 47.0 Å². The van der Waals surface area contributed by atoms with Gasteiger partial charge >= 0.3 is 6.01 Å². The molecule has 0 aromatic carbocycles. The number of ether oxygens (including phenoxy) is 1. The number of hydrogen-bond donors (Lipinski definition) is 0. The van der Waals surface area contributed by atoms with E-state index in [1.807, 2.05) is 4.90 Å². The Hall–Kier alpha value is -2.02. The molecular formula is C16H17BrN4O2. The quantitative estimate of drug-likeness (QED) is 0.819. The molecular weight excluding hydrogens is 360 g/mol. The second-order valence-corrected chi connectivity index (χ2v) is 6.39. The maximum Gasteiger partial charge on any atom is 0.316 e. The predicted molar refractivity (Wildman–Crippen MR) is 88.1 cm³/mol. The maximum absolute atomic E-state index is 12.5. The lowest BCUT2D eigenvalue weighted by molar-refractivity contribution is 0.0657. The molecule has 2 aromatic rings. The van der Waals surface area contributed by atoms with Crippen LogP contribution in [0.15, 0.2) is 41.4 Å². The third-order valence-electron chi connectivity index (χ3n) is 3.84. The topological polar surface area (TPSA) is 68.2 Å². The molecule has 2 aromatic heterocycles. The van der Waals surface area contributed by atoms with E-state index in [9.17, 15) is 4.79 Å². The number of piperidine rings is 1. The van der Waals surface area contributed by atoms with Gasteiger partial charge in [-0.25, -0.2) is 9.97 Å². The Bertz CT molecular complexity index is 660. The summed E-state index contributed by atoms with van der Waals surface area (Å²) < 4.78 is 6.41. The van der Waals surface area contributed by atoms with Gasteiger partial charge in [0.2, 0.25) is 0 Å². The first-order valence-corrected chi connectivity index (χ1v) is 8.31. The molecule has 0 N–H and O–H groups in total. The summed E-state index contributed by atoms with van der Waals surface area (Å²) in [6, 6.07) is 3.97. The number of likely N-dealkylation sites (tertiary alicyclic amines) is 1. The van der Waals surface area contributed by atoms with Crippen LogP contribution in [0.3, 0.4) is 0 Å². The summed E-state index contributed by atoms with van der Waals surface area (Å²) in [6.45, 7) is 2.05. The van der Waals surface area contributed by atoms with Crippen LogP contribution in [0.4, 0.5) is 0 Å². The van der Waals surface area contributed by atoms with Gasteiger partial charge in [0, 0.05) is 42.3 Å². The minimum Gasteiger partial charge on any atom is -0.463 e. The number of halogens is 1. The molecule has 0 radical (unpaired) electrons. The SMILES string of the molecule is O=C(c1cncc(Br)c1)N1CCC(COc2ncccn2)CC1.